The smallest absolute Gasteiger partial charge is 0.00210 e. The summed E-state index contributed by atoms with van der Waals surface area (Å²) in [6.07, 6.45) is 0. The van der Waals surface area contributed by atoms with Crippen LogP contribution in [0.3, 0.4) is 0 Å². The quantitative estimate of drug-likeness (QED) is 0.163. The molecule has 0 N–H and O–H groups in total. The maximum atomic E-state index is 2.38. The summed E-state index contributed by atoms with van der Waals surface area (Å²) in [5.41, 5.74) is 16.6. The lowest BCUT2D eigenvalue weighted by Crippen LogP contribution is -1.95. The summed E-state index contributed by atoms with van der Waals surface area (Å²) in [4.78, 5) is 0. The van der Waals surface area contributed by atoms with Crippen molar-refractivity contribution in [1.29, 1.82) is 0 Å². The lowest BCUT2D eigenvalue weighted by molar-refractivity contribution is 1.33. The molecule has 0 unspecified atom stereocenters. The average molecular weight is 651 g/mol. The van der Waals surface area contributed by atoms with E-state index in [-0.39, 0.29) is 0 Å². The van der Waals surface area contributed by atoms with Gasteiger partial charge in [0.05, 0.1) is 0 Å². The Balaban J connectivity index is 1.20. The van der Waals surface area contributed by atoms with Crippen molar-refractivity contribution in [2.75, 3.05) is 0 Å². The maximum Gasteiger partial charge on any atom is -0.00210 e. The summed E-state index contributed by atoms with van der Waals surface area (Å²) in [7, 11) is 0. The summed E-state index contributed by atoms with van der Waals surface area (Å²) in [6, 6.07) is 64.8. The van der Waals surface area contributed by atoms with Crippen LogP contribution in [0.2, 0.25) is 0 Å². The van der Waals surface area contributed by atoms with Crippen LogP contribution in [0.4, 0.5) is 0 Å². The van der Waals surface area contributed by atoms with Gasteiger partial charge >= 0.3 is 0 Å². The molecule has 0 radical (unpaired) electrons. The van der Waals surface area contributed by atoms with Crippen LogP contribution in [0.25, 0.3) is 88.0 Å². The molecule has 0 aliphatic carbocycles. The van der Waals surface area contributed by atoms with Crippen molar-refractivity contribution in [1.82, 2.24) is 0 Å². The van der Waals surface area contributed by atoms with E-state index >= 15 is 0 Å². The monoisotopic (exact) mass is 650 g/mol. The van der Waals surface area contributed by atoms with E-state index in [4.69, 9.17) is 0 Å². The summed E-state index contributed by atoms with van der Waals surface area (Å²) in [6.45, 7) is 6.70. The zero-order valence-corrected chi connectivity index (χ0v) is 29.2. The molecule has 0 spiro atoms. The van der Waals surface area contributed by atoms with Crippen LogP contribution in [-0.2, 0) is 0 Å². The predicted molar refractivity (Wildman–Crippen MR) is 220 cm³/mol. The van der Waals surface area contributed by atoms with Gasteiger partial charge in [-0.15, -0.1) is 0 Å². The molecule has 51 heavy (non-hydrogen) atoms. The van der Waals surface area contributed by atoms with Gasteiger partial charge in [0.15, 0.2) is 0 Å². The molecule has 0 amide bonds. The van der Waals surface area contributed by atoms with E-state index in [0.717, 1.165) is 0 Å². The maximum absolute atomic E-state index is 2.38. The highest BCUT2D eigenvalue weighted by molar-refractivity contribution is 6.22. The third-order valence-electron chi connectivity index (χ3n) is 10.5. The summed E-state index contributed by atoms with van der Waals surface area (Å²) < 4.78 is 0. The normalized spacial score (nSPS) is 11.4. The van der Waals surface area contributed by atoms with E-state index in [1.54, 1.807) is 0 Å². The molecule has 0 atom stereocenters. The fraction of sp³-hybridized carbons (Fsp3) is 0.0588. The van der Waals surface area contributed by atoms with Crippen molar-refractivity contribution in [3.8, 4) is 55.6 Å². The van der Waals surface area contributed by atoms with Crippen LogP contribution in [0.5, 0.6) is 0 Å². The van der Waals surface area contributed by atoms with Gasteiger partial charge in [0.2, 0.25) is 0 Å². The van der Waals surface area contributed by atoms with Crippen molar-refractivity contribution >= 4 is 32.3 Å². The first-order valence-corrected chi connectivity index (χ1v) is 17.9. The van der Waals surface area contributed by atoms with Crippen LogP contribution in [0, 0.1) is 20.8 Å². The molecule has 0 aliphatic heterocycles. The predicted octanol–water partition coefficient (Wildman–Crippen LogP) is 14.4. The molecule has 0 aromatic heterocycles. The third kappa shape index (κ3) is 5.32. The van der Waals surface area contributed by atoms with E-state index < -0.39 is 0 Å². The van der Waals surface area contributed by atoms with Crippen LogP contribution in [0.1, 0.15) is 16.7 Å². The van der Waals surface area contributed by atoms with E-state index in [1.165, 1.54) is 105 Å². The number of rotatable bonds is 5. The minimum absolute atomic E-state index is 1.22. The highest BCUT2D eigenvalue weighted by Gasteiger charge is 2.19. The van der Waals surface area contributed by atoms with Crippen molar-refractivity contribution < 1.29 is 0 Å². The van der Waals surface area contributed by atoms with Crippen LogP contribution in [0.15, 0.2) is 176 Å². The van der Waals surface area contributed by atoms with Crippen molar-refractivity contribution in [2.45, 2.75) is 20.8 Å². The second-order valence-electron chi connectivity index (χ2n) is 13.8. The van der Waals surface area contributed by atoms with Gasteiger partial charge in [-0.2, -0.15) is 0 Å². The Bertz CT molecular complexity index is 2680. The van der Waals surface area contributed by atoms with Gasteiger partial charge in [-0.1, -0.05) is 169 Å². The second-order valence-corrected chi connectivity index (χ2v) is 13.8. The minimum atomic E-state index is 1.22. The lowest BCUT2D eigenvalue weighted by atomic mass is 9.83. The summed E-state index contributed by atoms with van der Waals surface area (Å²) in [5.74, 6) is 0. The SMILES string of the molecule is Cc1cc(C)c(-c2c3ccccc3c(-c3ccc4cc(-c5ccccc5-c5ccccc5-c5ccccc5)ccc4c3)c3ccccc23)c(C)c1. The van der Waals surface area contributed by atoms with Crippen molar-refractivity contribution in [3.05, 3.63) is 193 Å². The van der Waals surface area contributed by atoms with E-state index in [2.05, 4.69) is 197 Å². The highest BCUT2D eigenvalue weighted by Crippen LogP contribution is 2.46. The Kier molecular flexibility index (Phi) is 7.59. The molecule has 0 saturated carbocycles. The average Bonchev–Trinajstić information content (AvgIpc) is 3.17. The summed E-state index contributed by atoms with van der Waals surface area (Å²) >= 11 is 0. The standard InChI is InChI=1S/C51H38/c1-33-29-34(2)49(35(3)30-33)51-47-23-13-11-21-45(47)50(46-22-12-14-24-48(46)51)40-28-26-37-31-39(27-25-38(37)32-40)42-18-8-10-20-44(42)43-19-9-7-17-41(43)36-15-5-4-6-16-36/h4-32H,1-3H3. The van der Waals surface area contributed by atoms with Gasteiger partial charge in [-0.05, 0) is 132 Å². The van der Waals surface area contributed by atoms with Crippen LogP contribution in [-0.4, -0.2) is 0 Å². The number of fused-ring (bicyclic) bond motifs is 3. The molecular weight excluding hydrogens is 613 g/mol. The first-order valence-electron chi connectivity index (χ1n) is 17.9. The number of benzene rings is 9. The molecule has 0 aliphatic rings. The molecule has 242 valence electrons. The molecule has 9 rings (SSSR count). The van der Waals surface area contributed by atoms with Gasteiger partial charge in [-0.25, -0.2) is 0 Å². The molecular formula is C51H38. The highest BCUT2D eigenvalue weighted by atomic mass is 14.2. The van der Waals surface area contributed by atoms with Gasteiger partial charge in [0, 0.05) is 0 Å². The molecule has 0 fully saturated rings. The first-order chi connectivity index (χ1) is 25.0. The summed E-state index contributed by atoms with van der Waals surface area (Å²) in [5, 5.41) is 7.63. The molecule has 0 saturated heterocycles. The number of hydrogen-bond acceptors (Lipinski definition) is 0. The van der Waals surface area contributed by atoms with E-state index in [0.29, 0.717) is 0 Å². The zero-order valence-electron chi connectivity index (χ0n) is 29.2. The molecule has 0 nitrogen and oxygen atoms in total. The third-order valence-corrected chi connectivity index (χ3v) is 10.5. The molecule has 0 heteroatoms. The van der Waals surface area contributed by atoms with Gasteiger partial charge < -0.3 is 0 Å². The van der Waals surface area contributed by atoms with Gasteiger partial charge in [-0.3, -0.25) is 0 Å². The molecule has 0 heterocycles. The van der Waals surface area contributed by atoms with Crippen molar-refractivity contribution in [2.24, 2.45) is 0 Å². The Morgan fingerprint density at radius 2 is 0.686 bits per heavy atom. The fourth-order valence-corrected chi connectivity index (χ4v) is 8.41. The van der Waals surface area contributed by atoms with Crippen LogP contribution < -0.4 is 0 Å². The Morgan fingerprint density at radius 1 is 0.275 bits per heavy atom. The minimum Gasteiger partial charge on any atom is -0.0622 e. The van der Waals surface area contributed by atoms with Crippen molar-refractivity contribution in [3.63, 3.8) is 0 Å². The number of hydrogen-bond donors (Lipinski definition) is 0. The van der Waals surface area contributed by atoms with E-state index in [9.17, 15) is 0 Å². The van der Waals surface area contributed by atoms with Crippen LogP contribution >= 0.6 is 0 Å². The topological polar surface area (TPSA) is 0 Å². The number of aryl methyl sites for hydroxylation is 3. The molecule has 9 aromatic carbocycles. The fourth-order valence-electron chi connectivity index (χ4n) is 8.41. The largest absolute Gasteiger partial charge is 0.0622 e. The lowest BCUT2D eigenvalue weighted by Gasteiger charge is -2.20. The molecule has 9 aromatic rings. The zero-order chi connectivity index (χ0) is 34.5. The Morgan fingerprint density at radius 3 is 1.24 bits per heavy atom. The van der Waals surface area contributed by atoms with E-state index in [1.807, 2.05) is 0 Å². The Hall–Kier alpha value is -6.24. The Labute approximate surface area is 300 Å². The van der Waals surface area contributed by atoms with Gasteiger partial charge in [0.1, 0.15) is 0 Å². The van der Waals surface area contributed by atoms with Gasteiger partial charge in [0.25, 0.3) is 0 Å². The molecule has 0 bridgehead atoms. The second kappa shape index (κ2) is 12.6. The first kappa shape index (κ1) is 30.8.